The summed E-state index contributed by atoms with van der Waals surface area (Å²) in [6.07, 6.45) is 2.70. The van der Waals surface area contributed by atoms with Gasteiger partial charge in [-0.05, 0) is 36.3 Å². The standard InChI is InChI=1S/C16H22N2/c1-12(2)11-18-15(10-17-14-7-8-14)9-13-5-3-4-6-16(13)18/h3-6,9,12,14,17H,7-8,10-11H2,1-2H3. The van der Waals surface area contributed by atoms with Crippen LogP contribution in [0, 0.1) is 5.92 Å². The van der Waals surface area contributed by atoms with Crippen LogP contribution in [-0.2, 0) is 13.1 Å². The van der Waals surface area contributed by atoms with Gasteiger partial charge in [-0.15, -0.1) is 0 Å². The van der Waals surface area contributed by atoms with Crippen LogP contribution < -0.4 is 5.32 Å². The molecule has 1 N–H and O–H groups in total. The van der Waals surface area contributed by atoms with Gasteiger partial charge in [0.15, 0.2) is 0 Å². The van der Waals surface area contributed by atoms with Crippen molar-refractivity contribution < 1.29 is 0 Å². The third-order valence-corrected chi connectivity index (χ3v) is 3.59. The van der Waals surface area contributed by atoms with E-state index in [2.05, 4.69) is 54.1 Å². The zero-order valence-corrected chi connectivity index (χ0v) is 11.3. The molecule has 0 bridgehead atoms. The van der Waals surface area contributed by atoms with E-state index in [9.17, 15) is 0 Å². The predicted octanol–water partition coefficient (Wildman–Crippen LogP) is 3.55. The van der Waals surface area contributed by atoms with Crippen LogP contribution in [-0.4, -0.2) is 10.6 Å². The Morgan fingerprint density at radius 3 is 2.78 bits per heavy atom. The summed E-state index contributed by atoms with van der Waals surface area (Å²) in [4.78, 5) is 0. The quantitative estimate of drug-likeness (QED) is 0.848. The minimum Gasteiger partial charge on any atom is -0.343 e. The lowest BCUT2D eigenvalue weighted by molar-refractivity contribution is 0.511. The highest BCUT2D eigenvalue weighted by atomic mass is 15.0. The van der Waals surface area contributed by atoms with Crippen molar-refractivity contribution in [3.05, 3.63) is 36.0 Å². The van der Waals surface area contributed by atoms with Gasteiger partial charge >= 0.3 is 0 Å². The van der Waals surface area contributed by atoms with E-state index in [1.807, 2.05) is 0 Å². The van der Waals surface area contributed by atoms with Gasteiger partial charge in [0.1, 0.15) is 0 Å². The van der Waals surface area contributed by atoms with Gasteiger partial charge in [0.05, 0.1) is 0 Å². The SMILES string of the molecule is CC(C)Cn1c(CNC2CC2)cc2ccccc21. The Morgan fingerprint density at radius 2 is 2.06 bits per heavy atom. The van der Waals surface area contributed by atoms with Gasteiger partial charge in [0.25, 0.3) is 0 Å². The number of nitrogens with one attached hydrogen (secondary N) is 1. The maximum absolute atomic E-state index is 3.63. The fraction of sp³-hybridized carbons (Fsp3) is 0.500. The molecule has 2 heteroatoms. The van der Waals surface area contributed by atoms with Crippen molar-refractivity contribution in [2.24, 2.45) is 5.92 Å². The minimum atomic E-state index is 0.681. The number of nitrogens with zero attached hydrogens (tertiary/aromatic N) is 1. The van der Waals surface area contributed by atoms with Crippen molar-refractivity contribution in [2.75, 3.05) is 0 Å². The van der Waals surface area contributed by atoms with Crippen molar-refractivity contribution in [3.63, 3.8) is 0 Å². The summed E-state index contributed by atoms with van der Waals surface area (Å²) < 4.78 is 2.48. The molecule has 0 saturated heterocycles. The fourth-order valence-corrected chi connectivity index (χ4v) is 2.53. The van der Waals surface area contributed by atoms with Crippen molar-refractivity contribution in [1.29, 1.82) is 0 Å². The second-order valence-electron chi connectivity index (χ2n) is 5.85. The molecule has 0 atom stereocenters. The van der Waals surface area contributed by atoms with E-state index in [0.717, 1.165) is 19.1 Å². The highest BCUT2D eigenvalue weighted by molar-refractivity contribution is 5.81. The van der Waals surface area contributed by atoms with Crippen molar-refractivity contribution in [1.82, 2.24) is 9.88 Å². The van der Waals surface area contributed by atoms with Crippen molar-refractivity contribution in [3.8, 4) is 0 Å². The van der Waals surface area contributed by atoms with Gasteiger partial charge in [-0.2, -0.15) is 0 Å². The van der Waals surface area contributed by atoms with Gasteiger partial charge in [0.2, 0.25) is 0 Å². The molecule has 3 rings (SSSR count). The van der Waals surface area contributed by atoms with Crippen LogP contribution in [0.5, 0.6) is 0 Å². The molecule has 0 unspecified atom stereocenters. The number of hydrogen-bond donors (Lipinski definition) is 1. The number of benzene rings is 1. The largest absolute Gasteiger partial charge is 0.343 e. The molecule has 96 valence electrons. The van der Waals surface area contributed by atoms with Gasteiger partial charge in [0, 0.05) is 30.3 Å². The van der Waals surface area contributed by atoms with Crippen molar-refractivity contribution >= 4 is 10.9 Å². The van der Waals surface area contributed by atoms with E-state index in [4.69, 9.17) is 0 Å². The molecule has 1 aromatic carbocycles. The zero-order valence-electron chi connectivity index (χ0n) is 11.3. The molecule has 0 spiro atoms. The molecular weight excluding hydrogens is 220 g/mol. The Morgan fingerprint density at radius 1 is 1.28 bits per heavy atom. The van der Waals surface area contributed by atoms with E-state index in [1.54, 1.807) is 0 Å². The summed E-state index contributed by atoms with van der Waals surface area (Å²) in [5.41, 5.74) is 2.80. The summed E-state index contributed by atoms with van der Waals surface area (Å²) in [5.74, 6) is 0.681. The number of hydrogen-bond acceptors (Lipinski definition) is 1. The Kier molecular flexibility index (Phi) is 3.13. The lowest BCUT2D eigenvalue weighted by atomic mass is 10.2. The topological polar surface area (TPSA) is 17.0 Å². The average molecular weight is 242 g/mol. The molecular formula is C16H22N2. The van der Waals surface area contributed by atoms with Crippen LogP contribution >= 0.6 is 0 Å². The number of para-hydroxylation sites is 1. The Bertz CT molecular complexity index is 535. The summed E-state index contributed by atoms with van der Waals surface area (Å²) >= 11 is 0. The van der Waals surface area contributed by atoms with E-state index in [-0.39, 0.29) is 0 Å². The first-order chi connectivity index (χ1) is 8.74. The van der Waals surface area contributed by atoms with Crippen LogP contribution in [0.4, 0.5) is 0 Å². The van der Waals surface area contributed by atoms with Crippen LogP contribution in [0.15, 0.2) is 30.3 Å². The monoisotopic (exact) mass is 242 g/mol. The number of fused-ring (bicyclic) bond motifs is 1. The molecule has 1 saturated carbocycles. The van der Waals surface area contributed by atoms with Crippen LogP contribution in [0.1, 0.15) is 32.4 Å². The molecule has 1 aromatic heterocycles. The van der Waals surface area contributed by atoms with Crippen molar-refractivity contribution in [2.45, 2.75) is 45.8 Å². The number of rotatable bonds is 5. The van der Waals surface area contributed by atoms with Crippen LogP contribution in [0.2, 0.25) is 0 Å². The van der Waals surface area contributed by atoms with Gasteiger partial charge < -0.3 is 9.88 Å². The van der Waals surface area contributed by atoms with E-state index in [0.29, 0.717) is 5.92 Å². The van der Waals surface area contributed by atoms with E-state index < -0.39 is 0 Å². The summed E-state index contributed by atoms with van der Waals surface area (Å²) in [5, 5.41) is 4.99. The van der Waals surface area contributed by atoms with E-state index in [1.165, 1.54) is 29.4 Å². The highest BCUT2D eigenvalue weighted by Crippen LogP contribution is 2.23. The highest BCUT2D eigenvalue weighted by Gasteiger charge is 2.21. The molecule has 1 fully saturated rings. The molecule has 2 nitrogen and oxygen atoms in total. The van der Waals surface area contributed by atoms with Crippen LogP contribution in [0.25, 0.3) is 10.9 Å². The third kappa shape index (κ3) is 2.44. The molecule has 1 heterocycles. The number of aromatic nitrogens is 1. The summed E-state index contributed by atoms with van der Waals surface area (Å²) in [7, 11) is 0. The summed E-state index contributed by atoms with van der Waals surface area (Å²) in [6.45, 7) is 6.68. The maximum Gasteiger partial charge on any atom is 0.0483 e. The summed E-state index contributed by atoms with van der Waals surface area (Å²) in [6, 6.07) is 11.8. The predicted molar refractivity (Wildman–Crippen MR) is 76.6 cm³/mol. The zero-order chi connectivity index (χ0) is 12.5. The normalized spacial score (nSPS) is 15.7. The Balaban J connectivity index is 1.93. The lowest BCUT2D eigenvalue weighted by Crippen LogP contribution is -2.19. The third-order valence-electron chi connectivity index (χ3n) is 3.59. The average Bonchev–Trinajstić information content (AvgIpc) is 3.11. The van der Waals surface area contributed by atoms with Gasteiger partial charge in [-0.3, -0.25) is 0 Å². The first kappa shape index (κ1) is 11.8. The second kappa shape index (κ2) is 4.77. The molecule has 0 radical (unpaired) electrons. The molecule has 1 aliphatic carbocycles. The first-order valence-corrected chi connectivity index (χ1v) is 7.04. The molecule has 1 aliphatic rings. The smallest absolute Gasteiger partial charge is 0.0483 e. The molecule has 0 aliphatic heterocycles. The lowest BCUT2D eigenvalue weighted by Gasteiger charge is -2.13. The maximum atomic E-state index is 3.63. The molecule has 2 aromatic rings. The Hall–Kier alpha value is -1.28. The van der Waals surface area contributed by atoms with Gasteiger partial charge in [-0.1, -0.05) is 32.0 Å². The first-order valence-electron chi connectivity index (χ1n) is 7.04. The Labute approximate surface area is 109 Å². The van der Waals surface area contributed by atoms with E-state index >= 15 is 0 Å². The second-order valence-corrected chi connectivity index (χ2v) is 5.85. The molecule has 0 amide bonds. The molecule has 18 heavy (non-hydrogen) atoms. The van der Waals surface area contributed by atoms with Crippen LogP contribution in [0.3, 0.4) is 0 Å². The van der Waals surface area contributed by atoms with Gasteiger partial charge in [-0.25, -0.2) is 0 Å². The minimum absolute atomic E-state index is 0.681. The fourth-order valence-electron chi connectivity index (χ4n) is 2.53.